The molecule has 0 aliphatic carbocycles. The molecule has 0 radical (unpaired) electrons. The number of aliphatic carboxylic acids is 1. The van der Waals surface area contributed by atoms with E-state index in [1.54, 1.807) is 0 Å². The van der Waals surface area contributed by atoms with E-state index >= 15 is 0 Å². The maximum Gasteiger partial charge on any atom is 0.303 e. The van der Waals surface area contributed by atoms with Crippen molar-refractivity contribution in [3.8, 4) is 0 Å². The van der Waals surface area contributed by atoms with Crippen LogP contribution >= 0.6 is 0 Å². The Bertz CT molecular complexity index is 390. The summed E-state index contributed by atoms with van der Waals surface area (Å²) in [4.78, 5) is 10.4. The first kappa shape index (κ1) is 15.7. The molecule has 0 amide bonds. The van der Waals surface area contributed by atoms with E-state index in [2.05, 4.69) is 45.0 Å². The first-order valence-corrected chi connectivity index (χ1v) is 7.27. The standard InChI is InChI=1S/C17H26O2/c1-4-17(2,3)15-12-10-14(11-13-15)8-6-5-7-9-16(18)19/h10-13H,4-9H2,1-3H3,(H,18,19). The predicted octanol–water partition coefficient (Wildman–Crippen LogP) is 4.56. The fourth-order valence-electron chi connectivity index (χ4n) is 2.11. The number of aryl methyl sites for hydroxylation is 1. The van der Waals surface area contributed by atoms with Crippen molar-refractivity contribution in [2.75, 3.05) is 0 Å². The fraction of sp³-hybridized carbons (Fsp3) is 0.588. The molecular weight excluding hydrogens is 236 g/mol. The Morgan fingerprint density at radius 2 is 1.74 bits per heavy atom. The molecule has 0 aliphatic rings. The number of hydrogen-bond donors (Lipinski definition) is 1. The lowest BCUT2D eigenvalue weighted by Crippen LogP contribution is -2.15. The average molecular weight is 262 g/mol. The van der Waals surface area contributed by atoms with E-state index in [4.69, 9.17) is 5.11 Å². The van der Waals surface area contributed by atoms with E-state index in [9.17, 15) is 4.79 Å². The monoisotopic (exact) mass is 262 g/mol. The van der Waals surface area contributed by atoms with Gasteiger partial charge in [-0.15, -0.1) is 0 Å². The van der Waals surface area contributed by atoms with Gasteiger partial charge in [-0.05, 0) is 42.2 Å². The first-order valence-electron chi connectivity index (χ1n) is 7.27. The molecule has 0 spiro atoms. The van der Waals surface area contributed by atoms with Crippen LogP contribution in [0.4, 0.5) is 0 Å². The minimum atomic E-state index is -0.689. The molecule has 0 saturated heterocycles. The van der Waals surface area contributed by atoms with Crippen LogP contribution in [0.1, 0.15) is 64.0 Å². The quantitative estimate of drug-likeness (QED) is 0.697. The lowest BCUT2D eigenvalue weighted by Gasteiger charge is -2.23. The topological polar surface area (TPSA) is 37.3 Å². The second-order valence-corrected chi connectivity index (χ2v) is 5.89. The maximum absolute atomic E-state index is 10.4. The average Bonchev–Trinajstić information content (AvgIpc) is 2.38. The largest absolute Gasteiger partial charge is 0.481 e. The van der Waals surface area contributed by atoms with Gasteiger partial charge in [0.1, 0.15) is 0 Å². The van der Waals surface area contributed by atoms with E-state index < -0.39 is 5.97 Å². The van der Waals surface area contributed by atoms with Crippen LogP contribution in [0.15, 0.2) is 24.3 Å². The number of benzene rings is 1. The van der Waals surface area contributed by atoms with Gasteiger partial charge in [0.05, 0.1) is 0 Å². The van der Waals surface area contributed by atoms with Gasteiger partial charge in [-0.2, -0.15) is 0 Å². The zero-order chi connectivity index (χ0) is 14.3. The molecule has 0 saturated carbocycles. The van der Waals surface area contributed by atoms with Crippen molar-refractivity contribution in [2.45, 2.75) is 64.7 Å². The molecule has 1 aromatic rings. The Morgan fingerprint density at radius 3 is 2.26 bits per heavy atom. The first-order chi connectivity index (χ1) is 8.95. The molecule has 0 heterocycles. The molecule has 0 aromatic heterocycles. The summed E-state index contributed by atoms with van der Waals surface area (Å²) in [6.07, 6.45) is 5.34. The van der Waals surface area contributed by atoms with E-state index in [1.165, 1.54) is 11.1 Å². The molecular formula is C17H26O2. The van der Waals surface area contributed by atoms with Crippen molar-refractivity contribution in [2.24, 2.45) is 0 Å². The van der Waals surface area contributed by atoms with Gasteiger partial charge in [-0.1, -0.05) is 51.5 Å². The van der Waals surface area contributed by atoms with Crippen LogP contribution in [0.25, 0.3) is 0 Å². The summed E-state index contributed by atoms with van der Waals surface area (Å²) in [5, 5.41) is 8.56. The summed E-state index contributed by atoms with van der Waals surface area (Å²) in [5.74, 6) is -0.689. The van der Waals surface area contributed by atoms with Crippen molar-refractivity contribution < 1.29 is 9.90 Å². The molecule has 0 fully saturated rings. The van der Waals surface area contributed by atoms with Crippen LogP contribution in [0.2, 0.25) is 0 Å². The summed E-state index contributed by atoms with van der Waals surface area (Å²) >= 11 is 0. The van der Waals surface area contributed by atoms with Crippen molar-refractivity contribution >= 4 is 5.97 Å². The number of carbonyl (C=O) groups is 1. The van der Waals surface area contributed by atoms with Gasteiger partial charge in [0.2, 0.25) is 0 Å². The Balaban J connectivity index is 2.38. The van der Waals surface area contributed by atoms with Crippen LogP contribution < -0.4 is 0 Å². The van der Waals surface area contributed by atoms with Crippen LogP contribution in [-0.2, 0) is 16.6 Å². The van der Waals surface area contributed by atoms with Crippen LogP contribution in [-0.4, -0.2) is 11.1 Å². The summed E-state index contributed by atoms with van der Waals surface area (Å²) < 4.78 is 0. The smallest absolute Gasteiger partial charge is 0.303 e. The predicted molar refractivity (Wildman–Crippen MR) is 79.6 cm³/mol. The van der Waals surface area contributed by atoms with Crippen LogP contribution in [0, 0.1) is 0 Å². The molecule has 0 bridgehead atoms. The number of rotatable bonds is 8. The highest BCUT2D eigenvalue weighted by Crippen LogP contribution is 2.26. The zero-order valence-corrected chi connectivity index (χ0v) is 12.4. The fourth-order valence-corrected chi connectivity index (χ4v) is 2.11. The highest BCUT2D eigenvalue weighted by molar-refractivity contribution is 5.66. The van der Waals surface area contributed by atoms with Gasteiger partial charge in [0.25, 0.3) is 0 Å². The second-order valence-electron chi connectivity index (χ2n) is 5.89. The highest BCUT2D eigenvalue weighted by atomic mass is 16.4. The van der Waals surface area contributed by atoms with Gasteiger partial charge in [0.15, 0.2) is 0 Å². The summed E-state index contributed by atoms with van der Waals surface area (Å²) in [7, 11) is 0. The molecule has 106 valence electrons. The van der Waals surface area contributed by atoms with E-state index in [-0.39, 0.29) is 5.41 Å². The van der Waals surface area contributed by atoms with Crippen molar-refractivity contribution in [3.05, 3.63) is 35.4 Å². The highest BCUT2D eigenvalue weighted by Gasteiger charge is 2.17. The molecule has 19 heavy (non-hydrogen) atoms. The minimum Gasteiger partial charge on any atom is -0.481 e. The maximum atomic E-state index is 10.4. The summed E-state index contributed by atoms with van der Waals surface area (Å²) in [5.41, 5.74) is 3.00. The number of carboxylic acids is 1. The van der Waals surface area contributed by atoms with E-state index in [0.29, 0.717) is 6.42 Å². The SMILES string of the molecule is CCC(C)(C)c1ccc(CCCCCC(=O)O)cc1. The van der Waals surface area contributed by atoms with Crippen molar-refractivity contribution in [1.82, 2.24) is 0 Å². The molecule has 0 atom stereocenters. The lowest BCUT2D eigenvalue weighted by molar-refractivity contribution is -0.137. The number of hydrogen-bond acceptors (Lipinski definition) is 1. The van der Waals surface area contributed by atoms with Gasteiger partial charge in [-0.25, -0.2) is 0 Å². The van der Waals surface area contributed by atoms with Crippen LogP contribution in [0.5, 0.6) is 0 Å². The Hall–Kier alpha value is -1.31. The van der Waals surface area contributed by atoms with Crippen molar-refractivity contribution in [1.29, 1.82) is 0 Å². The molecule has 0 aliphatic heterocycles. The zero-order valence-electron chi connectivity index (χ0n) is 12.4. The third-order valence-electron chi connectivity index (χ3n) is 3.98. The molecule has 1 rings (SSSR count). The van der Waals surface area contributed by atoms with Gasteiger partial charge in [-0.3, -0.25) is 4.79 Å². The Kier molecular flexibility index (Phi) is 6.07. The van der Waals surface area contributed by atoms with Gasteiger partial charge >= 0.3 is 5.97 Å². The lowest BCUT2D eigenvalue weighted by atomic mass is 9.82. The third-order valence-corrected chi connectivity index (χ3v) is 3.98. The number of carboxylic acid groups (broad SMARTS) is 1. The van der Waals surface area contributed by atoms with Crippen molar-refractivity contribution in [3.63, 3.8) is 0 Å². The number of unbranched alkanes of at least 4 members (excludes halogenated alkanes) is 2. The summed E-state index contributed by atoms with van der Waals surface area (Å²) in [6, 6.07) is 8.89. The molecule has 2 nitrogen and oxygen atoms in total. The molecule has 1 aromatic carbocycles. The molecule has 2 heteroatoms. The van der Waals surface area contributed by atoms with E-state index in [0.717, 1.165) is 32.1 Å². The second kappa shape index (κ2) is 7.32. The third kappa shape index (κ3) is 5.46. The molecule has 0 unspecified atom stereocenters. The van der Waals surface area contributed by atoms with Gasteiger partial charge < -0.3 is 5.11 Å². The summed E-state index contributed by atoms with van der Waals surface area (Å²) in [6.45, 7) is 6.76. The van der Waals surface area contributed by atoms with E-state index in [1.807, 2.05) is 0 Å². The minimum absolute atomic E-state index is 0.250. The molecule has 1 N–H and O–H groups in total. The Labute approximate surface area is 116 Å². The van der Waals surface area contributed by atoms with Gasteiger partial charge in [0, 0.05) is 6.42 Å². The Morgan fingerprint density at radius 1 is 1.11 bits per heavy atom. The normalized spacial score (nSPS) is 11.5. The van der Waals surface area contributed by atoms with Crippen LogP contribution in [0.3, 0.4) is 0 Å².